The minimum Gasteiger partial charge on any atom is -0.355 e. The summed E-state index contributed by atoms with van der Waals surface area (Å²) in [6.45, 7) is 0. The molecule has 0 spiro atoms. The number of carbonyl (C=O) groups excluding carboxylic acids is 2. The molecule has 0 bridgehead atoms. The van der Waals surface area contributed by atoms with Gasteiger partial charge in [0.15, 0.2) is 0 Å². The van der Waals surface area contributed by atoms with Gasteiger partial charge in [0.05, 0.1) is 11.1 Å². The van der Waals surface area contributed by atoms with Crippen LogP contribution >= 0.6 is 11.3 Å². The molecule has 0 aliphatic heterocycles. The van der Waals surface area contributed by atoms with Crippen molar-refractivity contribution in [2.75, 3.05) is 12.4 Å². The monoisotopic (exact) mass is 346 g/mol. The van der Waals surface area contributed by atoms with Crippen molar-refractivity contribution in [2.45, 2.75) is 32.1 Å². The van der Waals surface area contributed by atoms with Crippen LogP contribution in [0.25, 0.3) is 0 Å². The van der Waals surface area contributed by atoms with Gasteiger partial charge in [-0.05, 0) is 43.4 Å². The van der Waals surface area contributed by atoms with E-state index in [1.807, 2.05) is 0 Å². The van der Waals surface area contributed by atoms with Gasteiger partial charge in [-0.25, -0.2) is 4.39 Å². The molecule has 6 heteroatoms. The molecule has 1 aromatic heterocycles. The quantitative estimate of drug-likeness (QED) is 0.831. The Hall–Kier alpha value is -2.21. The van der Waals surface area contributed by atoms with Crippen molar-refractivity contribution < 1.29 is 14.0 Å². The Morgan fingerprint density at radius 2 is 1.83 bits per heavy atom. The summed E-state index contributed by atoms with van der Waals surface area (Å²) in [7, 11) is 1.57. The van der Waals surface area contributed by atoms with Crippen LogP contribution in [0.15, 0.2) is 24.3 Å². The molecule has 2 N–H and O–H groups in total. The molecule has 0 saturated heterocycles. The lowest BCUT2D eigenvalue weighted by atomic mass is 10.0. The second-order valence-electron chi connectivity index (χ2n) is 5.78. The lowest BCUT2D eigenvalue weighted by Crippen LogP contribution is -2.22. The first-order valence-corrected chi connectivity index (χ1v) is 8.86. The highest BCUT2D eigenvalue weighted by atomic mass is 32.1. The Morgan fingerprint density at radius 1 is 1.08 bits per heavy atom. The molecule has 0 unspecified atom stereocenters. The molecular formula is C18H19FN2O2S. The average Bonchev–Trinajstić information content (AvgIpc) is 2.75. The zero-order chi connectivity index (χ0) is 17.1. The summed E-state index contributed by atoms with van der Waals surface area (Å²) < 4.78 is 13.8. The summed E-state index contributed by atoms with van der Waals surface area (Å²) in [6, 6.07) is 5.83. The standard InChI is InChI=1S/C18H19FN2O2S/c1-20-17(23)15-12-8-3-2-4-10-14(12)24-18(15)21-16(22)11-7-5-6-9-13(11)19/h5-7,9H,2-4,8,10H2,1H3,(H,20,23)(H,21,22). The lowest BCUT2D eigenvalue weighted by molar-refractivity contribution is 0.0963. The first-order valence-electron chi connectivity index (χ1n) is 8.04. The molecule has 2 aromatic rings. The number of anilines is 1. The van der Waals surface area contributed by atoms with E-state index in [-0.39, 0.29) is 11.5 Å². The van der Waals surface area contributed by atoms with Crippen LogP contribution in [0.4, 0.5) is 9.39 Å². The maximum absolute atomic E-state index is 13.8. The largest absolute Gasteiger partial charge is 0.355 e. The molecule has 1 aliphatic carbocycles. The average molecular weight is 346 g/mol. The third-order valence-corrected chi connectivity index (χ3v) is 5.43. The molecule has 24 heavy (non-hydrogen) atoms. The number of rotatable bonds is 3. The molecule has 0 fully saturated rings. The van der Waals surface area contributed by atoms with E-state index in [4.69, 9.17) is 0 Å². The van der Waals surface area contributed by atoms with Crippen molar-refractivity contribution >= 4 is 28.2 Å². The second kappa shape index (κ2) is 7.13. The maximum Gasteiger partial charge on any atom is 0.259 e. The number of benzene rings is 1. The van der Waals surface area contributed by atoms with E-state index in [9.17, 15) is 14.0 Å². The van der Waals surface area contributed by atoms with Crippen molar-refractivity contribution in [2.24, 2.45) is 0 Å². The number of halogens is 1. The van der Waals surface area contributed by atoms with Gasteiger partial charge in [-0.3, -0.25) is 9.59 Å². The van der Waals surface area contributed by atoms with Crippen LogP contribution < -0.4 is 10.6 Å². The zero-order valence-corrected chi connectivity index (χ0v) is 14.3. The summed E-state index contributed by atoms with van der Waals surface area (Å²) in [5, 5.41) is 5.89. The second-order valence-corrected chi connectivity index (χ2v) is 6.89. The van der Waals surface area contributed by atoms with Crippen molar-refractivity contribution in [1.29, 1.82) is 0 Å². The highest BCUT2D eigenvalue weighted by Crippen LogP contribution is 2.37. The van der Waals surface area contributed by atoms with Gasteiger partial charge in [-0.15, -0.1) is 11.3 Å². The number of fused-ring (bicyclic) bond motifs is 1. The number of aryl methyl sites for hydroxylation is 1. The zero-order valence-electron chi connectivity index (χ0n) is 13.4. The summed E-state index contributed by atoms with van der Waals surface area (Å²) in [5.41, 5.74) is 1.54. The minimum absolute atomic E-state index is 0.0241. The minimum atomic E-state index is -0.574. The van der Waals surface area contributed by atoms with Gasteiger partial charge >= 0.3 is 0 Å². The molecule has 1 heterocycles. The summed E-state index contributed by atoms with van der Waals surface area (Å²) in [4.78, 5) is 25.9. The van der Waals surface area contributed by atoms with Crippen molar-refractivity contribution in [3.05, 3.63) is 51.7 Å². The van der Waals surface area contributed by atoms with Gasteiger partial charge in [0.2, 0.25) is 0 Å². The third kappa shape index (κ3) is 3.19. The van der Waals surface area contributed by atoms with E-state index >= 15 is 0 Å². The normalized spacial score (nSPS) is 13.8. The van der Waals surface area contributed by atoms with Gasteiger partial charge in [0.1, 0.15) is 10.8 Å². The Kier molecular flexibility index (Phi) is 4.94. The summed E-state index contributed by atoms with van der Waals surface area (Å²) in [6.07, 6.45) is 5.02. The van der Waals surface area contributed by atoms with Crippen LogP contribution in [0.3, 0.4) is 0 Å². The molecule has 0 atom stereocenters. The Bertz CT molecular complexity index is 785. The molecule has 3 rings (SSSR count). The van der Waals surface area contributed by atoms with E-state index in [1.165, 1.54) is 29.5 Å². The fraction of sp³-hybridized carbons (Fsp3) is 0.333. The number of thiophene rings is 1. The molecule has 0 saturated carbocycles. The number of amides is 2. The SMILES string of the molecule is CNC(=O)c1c(NC(=O)c2ccccc2F)sc2c1CCCCC2. The first-order chi connectivity index (χ1) is 11.6. The van der Waals surface area contributed by atoms with Crippen molar-refractivity contribution in [3.63, 3.8) is 0 Å². The Labute approximate surface area is 144 Å². The van der Waals surface area contributed by atoms with Gasteiger partial charge in [-0.1, -0.05) is 18.6 Å². The molecule has 2 amide bonds. The highest BCUT2D eigenvalue weighted by molar-refractivity contribution is 7.17. The van der Waals surface area contributed by atoms with E-state index in [1.54, 1.807) is 13.1 Å². The van der Waals surface area contributed by atoms with Gasteiger partial charge in [-0.2, -0.15) is 0 Å². The molecule has 126 valence electrons. The van der Waals surface area contributed by atoms with Crippen LogP contribution in [0, 0.1) is 5.82 Å². The third-order valence-electron chi connectivity index (χ3n) is 4.22. The number of hydrogen-bond donors (Lipinski definition) is 2. The molecule has 0 radical (unpaired) electrons. The van der Waals surface area contributed by atoms with Gasteiger partial charge in [0.25, 0.3) is 11.8 Å². The van der Waals surface area contributed by atoms with E-state index in [0.717, 1.165) is 42.5 Å². The lowest BCUT2D eigenvalue weighted by Gasteiger charge is -2.08. The molecular weight excluding hydrogens is 327 g/mol. The Balaban J connectivity index is 1.97. The van der Waals surface area contributed by atoms with Crippen LogP contribution in [0.1, 0.15) is 50.4 Å². The molecule has 1 aliphatic rings. The van der Waals surface area contributed by atoms with Crippen LogP contribution in [-0.2, 0) is 12.8 Å². The summed E-state index contributed by atoms with van der Waals surface area (Å²) in [5.74, 6) is -1.32. The van der Waals surface area contributed by atoms with Crippen LogP contribution in [0.2, 0.25) is 0 Å². The van der Waals surface area contributed by atoms with E-state index in [0.29, 0.717) is 10.6 Å². The summed E-state index contributed by atoms with van der Waals surface area (Å²) >= 11 is 1.43. The maximum atomic E-state index is 13.8. The highest BCUT2D eigenvalue weighted by Gasteiger charge is 2.25. The number of hydrogen-bond acceptors (Lipinski definition) is 3. The topological polar surface area (TPSA) is 58.2 Å². The van der Waals surface area contributed by atoms with E-state index in [2.05, 4.69) is 10.6 Å². The van der Waals surface area contributed by atoms with Crippen molar-refractivity contribution in [3.8, 4) is 0 Å². The van der Waals surface area contributed by atoms with Gasteiger partial charge in [0, 0.05) is 11.9 Å². The van der Waals surface area contributed by atoms with Gasteiger partial charge < -0.3 is 10.6 Å². The van der Waals surface area contributed by atoms with E-state index < -0.39 is 11.7 Å². The number of carbonyl (C=O) groups is 2. The molecule has 1 aromatic carbocycles. The van der Waals surface area contributed by atoms with Crippen molar-refractivity contribution in [1.82, 2.24) is 5.32 Å². The number of nitrogens with one attached hydrogen (secondary N) is 2. The fourth-order valence-corrected chi connectivity index (χ4v) is 4.29. The first kappa shape index (κ1) is 16.6. The smallest absolute Gasteiger partial charge is 0.259 e. The Morgan fingerprint density at radius 3 is 2.58 bits per heavy atom. The van der Waals surface area contributed by atoms with Crippen LogP contribution in [-0.4, -0.2) is 18.9 Å². The van der Waals surface area contributed by atoms with Crippen LogP contribution in [0.5, 0.6) is 0 Å². The predicted molar refractivity (Wildman–Crippen MR) is 93.3 cm³/mol. The molecule has 4 nitrogen and oxygen atoms in total. The fourth-order valence-electron chi connectivity index (χ4n) is 3.01. The predicted octanol–water partition coefficient (Wildman–Crippen LogP) is 3.77.